The number of nitrogens with zero attached hydrogens (tertiary/aromatic N) is 2. The van der Waals surface area contributed by atoms with Gasteiger partial charge in [0.05, 0.1) is 13.3 Å². The fourth-order valence-corrected chi connectivity index (χ4v) is 1.41. The number of benzene rings is 1. The first-order valence-electron chi connectivity index (χ1n) is 4.98. The molecule has 4 heteroatoms. The van der Waals surface area contributed by atoms with Gasteiger partial charge in [-0.15, -0.1) is 0 Å². The van der Waals surface area contributed by atoms with Crippen LogP contribution in [0.1, 0.15) is 0 Å². The molecule has 4 nitrogen and oxygen atoms in total. The maximum absolute atomic E-state index is 5.37. The van der Waals surface area contributed by atoms with E-state index in [-0.39, 0.29) is 6.08 Å². The van der Waals surface area contributed by atoms with Gasteiger partial charge in [0, 0.05) is 25.3 Å². The first-order chi connectivity index (χ1) is 7.70. The lowest BCUT2D eigenvalue weighted by molar-refractivity contribution is 0.293. The molecule has 16 heavy (non-hydrogen) atoms. The van der Waals surface area contributed by atoms with Crippen LogP contribution < -0.4 is 9.64 Å². The van der Waals surface area contributed by atoms with E-state index in [1.54, 1.807) is 6.20 Å². The van der Waals surface area contributed by atoms with E-state index in [2.05, 4.69) is 4.98 Å². The Hall–Kier alpha value is -1.97. The summed E-state index contributed by atoms with van der Waals surface area (Å²) >= 11 is 0. The summed E-state index contributed by atoms with van der Waals surface area (Å²) in [6.45, 7) is 0. The molecule has 0 radical (unpaired) electrons. The van der Waals surface area contributed by atoms with Crippen LogP contribution in [0.5, 0.6) is 6.08 Å². The summed E-state index contributed by atoms with van der Waals surface area (Å²) in [5, 5.41) is 0. The Labute approximate surface area is 94.5 Å². The van der Waals surface area contributed by atoms with Crippen LogP contribution in [-0.2, 0) is 0 Å². The number of methoxy groups -OCH3 is 1. The van der Waals surface area contributed by atoms with Crippen LogP contribution in [-0.4, -0.2) is 26.2 Å². The van der Waals surface area contributed by atoms with Gasteiger partial charge in [-0.25, -0.2) is 0 Å². The second-order valence-electron chi connectivity index (χ2n) is 3.64. The van der Waals surface area contributed by atoms with Gasteiger partial charge in [-0.1, -0.05) is 0 Å². The molecular weight excluding hydrogens is 204 g/mol. The molecule has 1 heterocycles. The van der Waals surface area contributed by atoms with Gasteiger partial charge >= 0.3 is 6.08 Å². The summed E-state index contributed by atoms with van der Waals surface area (Å²) in [7, 11) is 5.55. The van der Waals surface area contributed by atoms with Gasteiger partial charge in [0.2, 0.25) is 0 Å². The molecule has 84 valence electrons. The first-order valence-corrected chi connectivity index (χ1v) is 4.98. The van der Waals surface area contributed by atoms with Crippen molar-refractivity contribution in [2.45, 2.75) is 0 Å². The van der Waals surface area contributed by atoms with Crippen LogP contribution in [0.25, 0.3) is 11.3 Å². The van der Waals surface area contributed by atoms with Crippen molar-refractivity contribution in [2.75, 3.05) is 26.1 Å². The van der Waals surface area contributed by atoms with Crippen molar-refractivity contribution in [1.29, 1.82) is 0 Å². The number of anilines is 1. The van der Waals surface area contributed by atoms with E-state index in [4.69, 9.17) is 9.15 Å². The van der Waals surface area contributed by atoms with E-state index < -0.39 is 0 Å². The molecule has 0 aliphatic rings. The Morgan fingerprint density at radius 2 is 1.88 bits per heavy atom. The summed E-state index contributed by atoms with van der Waals surface area (Å²) in [5.74, 6) is 0.710. The lowest BCUT2D eigenvalue weighted by Crippen LogP contribution is -2.07. The predicted molar refractivity (Wildman–Crippen MR) is 62.8 cm³/mol. The third kappa shape index (κ3) is 2.00. The fraction of sp³-hybridized carbons (Fsp3) is 0.250. The minimum Gasteiger partial charge on any atom is -0.454 e. The maximum Gasteiger partial charge on any atom is 0.393 e. The maximum atomic E-state index is 5.37. The molecular formula is C12H14N2O2. The molecule has 0 bridgehead atoms. The highest BCUT2D eigenvalue weighted by molar-refractivity contribution is 5.61. The molecule has 2 rings (SSSR count). The Kier molecular flexibility index (Phi) is 2.81. The minimum atomic E-state index is 0.284. The molecule has 2 aromatic rings. The van der Waals surface area contributed by atoms with Gasteiger partial charge in [0.1, 0.15) is 0 Å². The zero-order chi connectivity index (χ0) is 11.5. The van der Waals surface area contributed by atoms with Crippen LogP contribution in [0.4, 0.5) is 5.69 Å². The standard InChI is InChI=1S/C12H14N2O2/c1-14(2)10-6-4-9(5-7-10)11-8-13-12(15-3)16-11/h4-8H,1-3H3. The molecule has 0 aliphatic heterocycles. The second kappa shape index (κ2) is 4.26. The van der Waals surface area contributed by atoms with Gasteiger partial charge in [0.25, 0.3) is 0 Å². The lowest BCUT2D eigenvalue weighted by atomic mass is 10.1. The molecule has 0 saturated heterocycles. The van der Waals surface area contributed by atoms with Crippen LogP contribution in [0.3, 0.4) is 0 Å². The fourth-order valence-electron chi connectivity index (χ4n) is 1.41. The zero-order valence-corrected chi connectivity index (χ0v) is 9.60. The van der Waals surface area contributed by atoms with E-state index in [0.717, 1.165) is 11.3 Å². The van der Waals surface area contributed by atoms with Gasteiger partial charge in [-0.3, -0.25) is 0 Å². The average Bonchev–Trinajstić information content (AvgIpc) is 2.77. The highest BCUT2D eigenvalue weighted by Crippen LogP contribution is 2.25. The molecule has 0 unspecified atom stereocenters. The molecule has 0 atom stereocenters. The van der Waals surface area contributed by atoms with Crippen LogP contribution in [0.15, 0.2) is 34.9 Å². The minimum absolute atomic E-state index is 0.284. The van der Waals surface area contributed by atoms with Crippen molar-refractivity contribution in [3.05, 3.63) is 30.5 Å². The Morgan fingerprint density at radius 3 is 2.38 bits per heavy atom. The van der Waals surface area contributed by atoms with E-state index in [1.807, 2.05) is 43.3 Å². The van der Waals surface area contributed by atoms with Crippen LogP contribution in [0.2, 0.25) is 0 Å². The second-order valence-corrected chi connectivity index (χ2v) is 3.64. The molecule has 0 N–H and O–H groups in total. The largest absolute Gasteiger partial charge is 0.454 e. The summed E-state index contributed by atoms with van der Waals surface area (Å²) < 4.78 is 10.3. The van der Waals surface area contributed by atoms with Crippen LogP contribution in [0, 0.1) is 0 Å². The first kappa shape index (κ1) is 10.5. The van der Waals surface area contributed by atoms with Crippen LogP contribution >= 0.6 is 0 Å². The summed E-state index contributed by atoms with van der Waals surface area (Å²) in [5.41, 5.74) is 2.14. The van der Waals surface area contributed by atoms with Crippen molar-refractivity contribution in [2.24, 2.45) is 0 Å². The summed E-state index contributed by atoms with van der Waals surface area (Å²) in [4.78, 5) is 6.02. The quantitative estimate of drug-likeness (QED) is 0.793. The van der Waals surface area contributed by atoms with E-state index >= 15 is 0 Å². The number of rotatable bonds is 3. The van der Waals surface area contributed by atoms with Crippen molar-refractivity contribution in [1.82, 2.24) is 4.98 Å². The van der Waals surface area contributed by atoms with Gasteiger partial charge < -0.3 is 14.1 Å². The molecule has 0 aliphatic carbocycles. The number of oxazole rings is 1. The number of ether oxygens (including phenoxy) is 1. The molecule has 1 aromatic carbocycles. The summed E-state index contributed by atoms with van der Waals surface area (Å²) in [6.07, 6.45) is 1.94. The smallest absolute Gasteiger partial charge is 0.393 e. The summed E-state index contributed by atoms with van der Waals surface area (Å²) in [6, 6.07) is 8.05. The van der Waals surface area contributed by atoms with E-state index in [9.17, 15) is 0 Å². The number of aromatic nitrogens is 1. The van der Waals surface area contributed by atoms with Crippen molar-refractivity contribution >= 4 is 5.69 Å². The SMILES string of the molecule is COc1ncc(-c2ccc(N(C)C)cc2)o1. The van der Waals surface area contributed by atoms with E-state index in [0.29, 0.717) is 5.76 Å². The lowest BCUT2D eigenvalue weighted by Gasteiger charge is -2.11. The monoisotopic (exact) mass is 218 g/mol. The zero-order valence-electron chi connectivity index (χ0n) is 9.60. The van der Waals surface area contributed by atoms with Gasteiger partial charge in [-0.2, -0.15) is 4.98 Å². The highest BCUT2D eigenvalue weighted by atomic mass is 16.6. The number of hydrogen-bond donors (Lipinski definition) is 0. The highest BCUT2D eigenvalue weighted by Gasteiger charge is 2.06. The average molecular weight is 218 g/mol. The Morgan fingerprint density at radius 1 is 1.19 bits per heavy atom. The third-order valence-electron chi connectivity index (χ3n) is 2.33. The van der Waals surface area contributed by atoms with Gasteiger partial charge in [0.15, 0.2) is 5.76 Å². The molecule has 0 saturated carbocycles. The topological polar surface area (TPSA) is 38.5 Å². The molecule has 0 fully saturated rings. The van der Waals surface area contributed by atoms with Crippen molar-refractivity contribution in [3.63, 3.8) is 0 Å². The Balaban J connectivity index is 2.27. The molecule has 1 aromatic heterocycles. The molecule has 0 spiro atoms. The molecule has 0 amide bonds. The predicted octanol–water partition coefficient (Wildman–Crippen LogP) is 2.42. The third-order valence-corrected chi connectivity index (χ3v) is 2.33. The Bertz CT molecular complexity index is 460. The van der Waals surface area contributed by atoms with E-state index in [1.165, 1.54) is 7.11 Å². The normalized spacial score (nSPS) is 10.2. The van der Waals surface area contributed by atoms with Crippen molar-refractivity contribution in [3.8, 4) is 17.4 Å². The van der Waals surface area contributed by atoms with Crippen molar-refractivity contribution < 1.29 is 9.15 Å². The van der Waals surface area contributed by atoms with Gasteiger partial charge in [-0.05, 0) is 24.3 Å². The number of hydrogen-bond acceptors (Lipinski definition) is 4.